The molecule has 10 heteroatoms. The van der Waals surface area contributed by atoms with Crippen molar-refractivity contribution in [2.24, 2.45) is 7.05 Å². The highest BCUT2D eigenvalue weighted by Gasteiger charge is 2.22. The summed E-state index contributed by atoms with van der Waals surface area (Å²) in [6.07, 6.45) is 4.41. The average Bonchev–Trinajstić information content (AvgIpc) is 3.24. The Morgan fingerprint density at radius 2 is 2.11 bits per heavy atom. The maximum Gasteiger partial charge on any atom is 0.320 e. The number of nitrogens with zero attached hydrogens (tertiary/aromatic N) is 3. The summed E-state index contributed by atoms with van der Waals surface area (Å²) < 4.78 is 29.4. The highest BCUT2D eigenvalue weighted by molar-refractivity contribution is 7.90. The van der Waals surface area contributed by atoms with Gasteiger partial charge >= 0.3 is 6.03 Å². The van der Waals surface area contributed by atoms with Crippen LogP contribution >= 0.6 is 0 Å². The fraction of sp³-hybridized carbons (Fsp3) is 0.529. The van der Waals surface area contributed by atoms with Gasteiger partial charge < -0.3 is 14.6 Å². The SMILES string of the molecule is Cn1nc(-c2ccco2)cc1NC(=O)NC1CCN(CCS(C)(=O)=O)CC1. The van der Waals surface area contributed by atoms with Crippen molar-refractivity contribution < 1.29 is 17.6 Å². The Morgan fingerprint density at radius 3 is 2.74 bits per heavy atom. The smallest absolute Gasteiger partial charge is 0.320 e. The quantitative estimate of drug-likeness (QED) is 0.763. The Labute approximate surface area is 158 Å². The summed E-state index contributed by atoms with van der Waals surface area (Å²) in [4.78, 5) is 14.4. The normalized spacial score (nSPS) is 16.4. The number of sulfone groups is 1. The van der Waals surface area contributed by atoms with Gasteiger partial charge in [0.05, 0.1) is 12.0 Å². The van der Waals surface area contributed by atoms with E-state index < -0.39 is 9.84 Å². The molecule has 2 aromatic rings. The first kappa shape index (κ1) is 19.4. The van der Waals surface area contributed by atoms with Crippen LogP contribution in [0.15, 0.2) is 28.9 Å². The molecular weight excluding hydrogens is 370 g/mol. The Kier molecular flexibility index (Phi) is 5.85. The van der Waals surface area contributed by atoms with Gasteiger partial charge in [0.1, 0.15) is 21.3 Å². The Bertz CT molecular complexity index is 867. The van der Waals surface area contributed by atoms with E-state index in [0.29, 0.717) is 23.8 Å². The Balaban J connectivity index is 1.47. The molecule has 0 aliphatic carbocycles. The number of aryl methyl sites for hydroxylation is 1. The molecule has 3 heterocycles. The number of furan rings is 1. The fourth-order valence-corrected chi connectivity index (χ4v) is 3.65. The maximum absolute atomic E-state index is 12.3. The van der Waals surface area contributed by atoms with Crippen LogP contribution in [0.2, 0.25) is 0 Å². The van der Waals surface area contributed by atoms with E-state index in [1.54, 1.807) is 30.1 Å². The predicted molar refractivity (Wildman–Crippen MR) is 102 cm³/mol. The van der Waals surface area contributed by atoms with Gasteiger partial charge in [-0.15, -0.1) is 0 Å². The van der Waals surface area contributed by atoms with E-state index in [-0.39, 0.29) is 17.8 Å². The molecule has 1 aliphatic heterocycles. The molecule has 0 saturated carbocycles. The number of urea groups is 1. The maximum atomic E-state index is 12.3. The fourth-order valence-electron chi connectivity index (χ4n) is 3.06. The van der Waals surface area contributed by atoms with Gasteiger partial charge in [-0.1, -0.05) is 0 Å². The van der Waals surface area contributed by atoms with Gasteiger partial charge in [-0.2, -0.15) is 5.10 Å². The third-order valence-electron chi connectivity index (χ3n) is 4.60. The summed E-state index contributed by atoms with van der Waals surface area (Å²) in [6.45, 7) is 2.09. The molecule has 0 atom stereocenters. The molecule has 0 unspecified atom stereocenters. The number of carbonyl (C=O) groups is 1. The molecule has 9 nitrogen and oxygen atoms in total. The van der Waals surface area contributed by atoms with Crippen LogP contribution in [0.3, 0.4) is 0 Å². The summed E-state index contributed by atoms with van der Waals surface area (Å²) >= 11 is 0. The van der Waals surface area contributed by atoms with Gasteiger partial charge in [0.25, 0.3) is 0 Å². The number of hydrogen-bond acceptors (Lipinski definition) is 6. The number of hydrogen-bond donors (Lipinski definition) is 2. The first-order chi connectivity index (χ1) is 12.8. The summed E-state index contributed by atoms with van der Waals surface area (Å²) in [6, 6.07) is 5.14. The van der Waals surface area contributed by atoms with Crippen LogP contribution in [0.4, 0.5) is 10.6 Å². The van der Waals surface area contributed by atoms with E-state index >= 15 is 0 Å². The van der Waals surface area contributed by atoms with E-state index in [1.807, 2.05) is 6.07 Å². The predicted octanol–water partition coefficient (Wildman–Crippen LogP) is 1.31. The molecule has 2 amide bonds. The summed E-state index contributed by atoms with van der Waals surface area (Å²) in [5.74, 6) is 1.38. The van der Waals surface area contributed by atoms with Crippen molar-refractivity contribution in [3.8, 4) is 11.5 Å². The lowest BCUT2D eigenvalue weighted by atomic mass is 10.1. The second-order valence-electron chi connectivity index (χ2n) is 6.86. The van der Waals surface area contributed by atoms with Crippen LogP contribution in [-0.2, 0) is 16.9 Å². The highest BCUT2D eigenvalue weighted by Crippen LogP contribution is 2.21. The van der Waals surface area contributed by atoms with Crippen LogP contribution in [0.1, 0.15) is 12.8 Å². The zero-order valence-corrected chi connectivity index (χ0v) is 16.3. The van der Waals surface area contributed by atoms with E-state index in [0.717, 1.165) is 25.9 Å². The minimum absolute atomic E-state index is 0.0669. The summed E-state index contributed by atoms with van der Waals surface area (Å²) in [5, 5.41) is 10.1. The molecule has 1 fully saturated rings. The van der Waals surface area contributed by atoms with E-state index in [2.05, 4.69) is 20.6 Å². The number of amides is 2. The van der Waals surface area contributed by atoms with Crippen molar-refractivity contribution in [2.75, 3.05) is 37.0 Å². The third-order valence-corrected chi connectivity index (χ3v) is 5.52. The topological polar surface area (TPSA) is 109 Å². The first-order valence-electron chi connectivity index (χ1n) is 8.86. The Morgan fingerprint density at radius 1 is 1.37 bits per heavy atom. The number of rotatable bonds is 6. The molecule has 2 aromatic heterocycles. The summed E-state index contributed by atoms with van der Waals surface area (Å²) in [5.41, 5.74) is 0.650. The third kappa shape index (κ3) is 5.57. The lowest BCUT2D eigenvalue weighted by Gasteiger charge is -2.32. The van der Waals surface area contributed by atoms with Crippen LogP contribution in [0.5, 0.6) is 0 Å². The van der Waals surface area contributed by atoms with Crippen molar-refractivity contribution in [2.45, 2.75) is 18.9 Å². The van der Waals surface area contributed by atoms with Gasteiger partial charge in [0.2, 0.25) is 0 Å². The Hall–Kier alpha value is -2.33. The number of piperidine rings is 1. The van der Waals surface area contributed by atoms with Crippen LogP contribution in [-0.4, -0.2) is 66.8 Å². The standard InChI is InChI=1S/C17H25N5O4S/c1-21-16(12-14(20-21)15-4-3-10-26-15)19-17(23)18-13-5-7-22(8-6-13)9-11-27(2,24)25/h3-4,10,12-13H,5-9,11H2,1-2H3,(H2,18,19,23). The lowest BCUT2D eigenvalue weighted by Crippen LogP contribution is -2.46. The van der Waals surface area contributed by atoms with Crippen molar-refractivity contribution in [1.82, 2.24) is 20.0 Å². The van der Waals surface area contributed by atoms with E-state index in [9.17, 15) is 13.2 Å². The molecule has 2 N–H and O–H groups in total. The average molecular weight is 395 g/mol. The summed E-state index contributed by atoms with van der Waals surface area (Å²) in [7, 11) is -1.19. The molecule has 0 radical (unpaired) electrons. The molecule has 1 saturated heterocycles. The number of carbonyl (C=O) groups excluding carboxylic acids is 1. The molecule has 0 bridgehead atoms. The van der Waals surface area contributed by atoms with Gasteiger partial charge in [-0.3, -0.25) is 10.00 Å². The van der Waals surface area contributed by atoms with E-state index in [4.69, 9.17) is 4.42 Å². The van der Waals surface area contributed by atoms with Crippen molar-refractivity contribution in [3.63, 3.8) is 0 Å². The highest BCUT2D eigenvalue weighted by atomic mass is 32.2. The number of nitrogens with one attached hydrogen (secondary N) is 2. The van der Waals surface area contributed by atoms with Crippen LogP contribution in [0.25, 0.3) is 11.5 Å². The van der Waals surface area contributed by atoms with Crippen molar-refractivity contribution in [3.05, 3.63) is 24.5 Å². The number of likely N-dealkylation sites (tertiary alicyclic amines) is 1. The van der Waals surface area contributed by atoms with Crippen molar-refractivity contribution >= 4 is 21.7 Å². The molecule has 0 spiro atoms. The van der Waals surface area contributed by atoms with Gasteiger partial charge in [-0.05, 0) is 25.0 Å². The second kappa shape index (κ2) is 8.13. The first-order valence-corrected chi connectivity index (χ1v) is 10.9. The zero-order chi connectivity index (χ0) is 19.4. The minimum atomic E-state index is -2.95. The molecule has 1 aliphatic rings. The molecule has 148 valence electrons. The lowest BCUT2D eigenvalue weighted by molar-refractivity contribution is 0.203. The van der Waals surface area contributed by atoms with Crippen molar-refractivity contribution in [1.29, 1.82) is 0 Å². The monoisotopic (exact) mass is 395 g/mol. The molecule has 27 heavy (non-hydrogen) atoms. The van der Waals surface area contributed by atoms with Gasteiger partial charge in [0, 0.05) is 45.0 Å². The molecule has 0 aromatic carbocycles. The largest absolute Gasteiger partial charge is 0.463 e. The van der Waals surface area contributed by atoms with Crippen LogP contribution in [0, 0.1) is 0 Å². The van der Waals surface area contributed by atoms with E-state index in [1.165, 1.54) is 6.26 Å². The minimum Gasteiger partial charge on any atom is -0.463 e. The zero-order valence-electron chi connectivity index (χ0n) is 15.5. The second-order valence-corrected chi connectivity index (χ2v) is 9.12. The number of anilines is 1. The molecular formula is C17H25N5O4S. The number of aromatic nitrogens is 2. The van der Waals surface area contributed by atoms with Gasteiger partial charge in [0.15, 0.2) is 5.76 Å². The molecule has 3 rings (SSSR count). The van der Waals surface area contributed by atoms with Crippen LogP contribution < -0.4 is 10.6 Å². The van der Waals surface area contributed by atoms with Gasteiger partial charge in [-0.25, -0.2) is 13.2 Å².